The second-order valence-electron chi connectivity index (χ2n) is 4.74. The molecule has 1 heterocycles. The Bertz CT molecular complexity index is 848. The molecule has 106 valence electrons. The first-order valence-electron chi connectivity index (χ1n) is 6.18. The highest BCUT2D eigenvalue weighted by Gasteiger charge is 2.21. The zero-order valence-corrected chi connectivity index (χ0v) is 12.5. The number of ketones is 1. The van der Waals surface area contributed by atoms with E-state index in [4.69, 9.17) is 27.6 Å². The number of rotatable bonds is 2. The van der Waals surface area contributed by atoms with Crippen LogP contribution in [0.1, 0.15) is 21.5 Å². The third kappa shape index (κ3) is 2.28. The third-order valence-corrected chi connectivity index (χ3v) is 3.95. The lowest BCUT2D eigenvalue weighted by Gasteiger charge is -2.03. The average molecular weight is 321 g/mol. The molecule has 0 atom stereocenters. The van der Waals surface area contributed by atoms with E-state index in [1.807, 2.05) is 19.1 Å². The van der Waals surface area contributed by atoms with Gasteiger partial charge in [0, 0.05) is 11.6 Å². The Morgan fingerprint density at radius 3 is 2.52 bits per heavy atom. The molecule has 0 saturated carbocycles. The van der Waals surface area contributed by atoms with Crippen molar-refractivity contribution in [2.24, 2.45) is 0 Å². The largest absolute Gasteiger partial charge is 0.505 e. The zero-order chi connectivity index (χ0) is 15.1. The second kappa shape index (κ2) is 5.10. The van der Waals surface area contributed by atoms with Crippen molar-refractivity contribution in [2.45, 2.75) is 6.92 Å². The number of phenolic OH excluding ortho intramolecular Hbond substituents is 1. The van der Waals surface area contributed by atoms with E-state index in [1.54, 1.807) is 12.1 Å². The summed E-state index contributed by atoms with van der Waals surface area (Å²) < 4.78 is 5.33. The zero-order valence-electron chi connectivity index (χ0n) is 11.0. The normalized spacial score (nSPS) is 11.0. The van der Waals surface area contributed by atoms with Crippen LogP contribution in [-0.4, -0.2) is 10.9 Å². The number of carbonyl (C=O) groups is 1. The molecule has 0 radical (unpaired) electrons. The van der Waals surface area contributed by atoms with Gasteiger partial charge in [-0.2, -0.15) is 0 Å². The van der Waals surface area contributed by atoms with Crippen molar-refractivity contribution in [1.29, 1.82) is 0 Å². The number of phenols is 1. The second-order valence-corrected chi connectivity index (χ2v) is 5.52. The summed E-state index contributed by atoms with van der Waals surface area (Å²) >= 11 is 11.9. The standard InChI is InChI=1S/C16H10Cl2O3/c1-8-2-4-9(5-3-8)15(19)10-7-21-12-6-11(17)16(20)14(18)13(10)12/h2-7,20H,1H3. The number of hydrogen-bond donors (Lipinski definition) is 1. The smallest absolute Gasteiger partial charge is 0.196 e. The van der Waals surface area contributed by atoms with Crippen LogP contribution >= 0.6 is 23.2 Å². The summed E-state index contributed by atoms with van der Waals surface area (Å²) in [4.78, 5) is 12.5. The minimum Gasteiger partial charge on any atom is -0.505 e. The Morgan fingerprint density at radius 1 is 1.19 bits per heavy atom. The monoisotopic (exact) mass is 320 g/mol. The molecule has 0 unspecified atom stereocenters. The maximum atomic E-state index is 12.5. The highest BCUT2D eigenvalue weighted by molar-refractivity contribution is 6.42. The number of carbonyl (C=O) groups excluding carboxylic acids is 1. The molecule has 2 aromatic carbocycles. The molecular weight excluding hydrogens is 311 g/mol. The summed E-state index contributed by atoms with van der Waals surface area (Å²) in [6, 6.07) is 8.61. The van der Waals surface area contributed by atoms with Crippen molar-refractivity contribution in [3.05, 3.63) is 63.3 Å². The van der Waals surface area contributed by atoms with Crippen LogP contribution in [0.4, 0.5) is 0 Å². The molecule has 21 heavy (non-hydrogen) atoms. The van der Waals surface area contributed by atoms with Crippen LogP contribution in [-0.2, 0) is 0 Å². The molecule has 0 amide bonds. The van der Waals surface area contributed by atoms with Gasteiger partial charge < -0.3 is 9.52 Å². The molecule has 0 saturated heterocycles. The molecule has 0 aliphatic carbocycles. The molecule has 3 nitrogen and oxygen atoms in total. The van der Waals surface area contributed by atoms with Gasteiger partial charge in [-0.25, -0.2) is 0 Å². The van der Waals surface area contributed by atoms with E-state index in [2.05, 4.69) is 0 Å². The summed E-state index contributed by atoms with van der Waals surface area (Å²) in [5.41, 5.74) is 2.24. The van der Waals surface area contributed by atoms with E-state index >= 15 is 0 Å². The number of aromatic hydroxyl groups is 1. The number of hydrogen-bond acceptors (Lipinski definition) is 3. The molecule has 0 aliphatic heterocycles. The molecule has 0 spiro atoms. The van der Waals surface area contributed by atoms with Crippen molar-refractivity contribution in [2.75, 3.05) is 0 Å². The Morgan fingerprint density at radius 2 is 1.86 bits per heavy atom. The number of fused-ring (bicyclic) bond motifs is 1. The molecule has 5 heteroatoms. The first-order chi connectivity index (χ1) is 9.99. The van der Waals surface area contributed by atoms with Gasteiger partial charge in [0.15, 0.2) is 11.5 Å². The Labute approximate surface area is 130 Å². The maximum absolute atomic E-state index is 12.5. The quantitative estimate of drug-likeness (QED) is 0.677. The summed E-state index contributed by atoms with van der Waals surface area (Å²) in [7, 11) is 0. The molecule has 3 rings (SSSR count). The number of aryl methyl sites for hydroxylation is 1. The lowest BCUT2D eigenvalue weighted by atomic mass is 10.0. The number of benzene rings is 2. The van der Waals surface area contributed by atoms with Crippen LogP contribution in [0.25, 0.3) is 11.0 Å². The summed E-state index contributed by atoms with van der Waals surface area (Å²) in [5, 5.41) is 10.3. The molecule has 1 N–H and O–H groups in total. The van der Waals surface area contributed by atoms with Crippen LogP contribution in [0.2, 0.25) is 10.0 Å². The Kier molecular flexibility index (Phi) is 3.40. The first-order valence-corrected chi connectivity index (χ1v) is 6.94. The first kappa shape index (κ1) is 14.0. The van der Waals surface area contributed by atoms with Gasteiger partial charge in [-0.05, 0) is 6.92 Å². The summed E-state index contributed by atoms with van der Waals surface area (Å²) in [6.45, 7) is 1.94. The van der Waals surface area contributed by atoms with Gasteiger partial charge in [-0.3, -0.25) is 4.79 Å². The molecular formula is C16H10Cl2O3. The van der Waals surface area contributed by atoms with Crippen LogP contribution < -0.4 is 0 Å². The van der Waals surface area contributed by atoms with E-state index in [0.717, 1.165) is 5.56 Å². The predicted octanol–water partition coefficient (Wildman–Crippen LogP) is 4.98. The van der Waals surface area contributed by atoms with Gasteiger partial charge in [0.25, 0.3) is 0 Å². The predicted molar refractivity (Wildman–Crippen MR) is 82.5 cm³/mol. The molecule has 1 aromatic heterocycles. The SMILES string of the molecule is Cc1ccc(C(=O)c2coc3cc(Cl)c(O)c(Cl)c23)cc1. The van der Waals surface area contributed by atoms with Gasteiger partial charge in [0.1, 0.15) is 11.8 Å². The third-order valence-electron chi connectivity index (χ3n) is 3.29. The minimum absolute atomic E-state index is 0.0155. The highest BCUT2D eigenvalue weighted by atomic mass is 35.5. The fraction of sp³-hybridized carbons (Fsp3) is 0.0625. The lowest BCUT2D eigenvalue weighted by molar-refractivity contribution is 0.103. The Hall–Kier alpha value is -1.97. The van der Waals surface area contributed by atoms with Gasteiger partial charge in [-0.1, -0.05) is 53.0 Å². The van der Waals surface area contributed by atoms with Gasteiger partial charge in [0.05, 0.1) is 21.0 Å². The molecule has 3 aromatic rings. The molecule has 0 fully saturated rings. The summed E-state index contributed by atoms with van der Waals surface area (Å²) in [6.07, 6.45) is 1.33. The van der Waals surface area contributed by atoms with Crippen molar-refractivity contribution in [3.8, 4) is 5.75 Å². The molecule has 0 bridgehead atoms. The van der Waals surface area contributed by atoms with E-state index in [0.29, 0.717) is 22.1 Å². The van der Waals surface area contributed by atoms with E-state index in [-0.39, 0.29) is 21.6 Å². The highest BCUT2D eigenvalue weighted by Crippen LogP contribution is 2.41. The van der Waals surface area contributed by atoms with Crippen LogP contribution in [0.15, 0.2) is 41.0 Å². The van der Waals surface area contributed by atoms with Gasteiger partial charge >= 0.3 is 0 Å². The van der Waals surface area contributed by atoms with Gasteiger partial charge in [0.2, 0.25) is 0 Å². The average Bonchev–Trinajstić information content (AvgIpc) is 2.88. The van der Waals surface area contributed by atoms with Crippen LogP contribution in [0, 0.1) is 6.92 Å². The van der Waals surface area contributed by atoms with Gasteiger partial charge in [-0.15, -0.1) is 0 Å². The van der Waals surface area contributed by atoms with E-state index in [1.165, 1.54) is 12.3 Å². The Balaban J connectivity index is 2.19. The maximum Gasteiger partial charge on any atom is 0.196 e. The number of halogens is 2. The molecule has 0 aliphatic rings. The van der Waals surface area contributed by atoms with Crippen molar-refractivity contribution in [1.82, 2.24) is 0 Å². The fourth-order valence-electron chi connectivity index (χ4n) is 2.14. The summed E-state index contributed by atoms with van der Waals surface area (Å²) in [5.74, 6) is -0.484. The lowest BCUT2D eigenvalue weighted by Crippen LogP contribution is -2.00. The van der Waals surface area contributed by atoms with Crippen LogP contribution in [0.5, 0.6) is 5.75 Å². The topological polar surface area (TPSA) is 50.4 Å². The van der Waals surface area contributed by atoms with E-state index in [9.17, 15) is 9.90 Å². The van der Waals surface area contributed by atoms with E-state index < -0.39 is 0 Å². The van der Waals surface area contributed by atoms with Crippen LogP contribution in [0.3, 0.4) is 0 Å². The van der Waals surface area contributed by atoms with Crippen molar-refractivity contribution in [3.63, 3.8) is 0 Å². The minimum atomic E-state index is -0.259. The van der Waals surface area contributed by atoms with Crippen molar-refractivity contribution < 1.29 is 14.3 Å². The van der Waals surface area contributed by atoms with Crippen molar-refractivity contribution >= 4 is 40.0 Å². The number of furan rings is 1. The fourth-order valence-corrected chi connectivity index (χ4v) is 2.68.